The number of fused-ring (bicyclic) bond motifs is 1. The van der Waals surface area contributed by atoms with E-state index in [0.717, 1.165) is 21.2 Å². The van der Waals surface area contributed by atoms with Gasteiger partial charge in [0.15, 0.2) is 0 Å². The number of phenolic OH excluding ortho intramolecular Hbond substituents is 1. The molecule has 2 N–H and O–H groups in total. The van der Waals surface area contributed by atoms with Crippen molar-refractivity contribution in [3.8, 4) is 11.5 Å². The van der Waals surface area contributed by atoms with Crippen molar-refractivity contribution in [3.63, 3.8) is 0 Å². The van der Waals surface area contributed by atoms with Gasteiger partial charge in [0.1, 0.15) is 23.7 Å². The number of phenols is 1. The average molecular weight is 649 g/mol. The molecule has 3 aromatic carbocycles. The van der Waals surface area contributed by atoms with E-state index >= 15 is 0 Å². The Morgan fingerprint density at radius 1 is 1.07 bits per heavy atom. The topological polar surface area (TPSA) is 106 Å². The van der Waals surface area contributed by atoms with Gasteiger partial charge < -0.3 is 25.0 Å². The quantitative estimate of drug-likeness (QED) is 0.342. The predicted octanol–water partition coefficient (Wildman–Crippen LogP) is 3.90. The summed E-state index contributed by atoms with van der Waals surface area (Å²) in [6.45, 7) is 4.72. The van der Waals surface area contributed by atoms with Crippen molar-refractivity contribution in [1.29, 1.82) is 0 Å². The minimum Gasteiger partial charge on any atom is -0.508 e. The van der Waals surface area contributed by atoms with E-state index in [2.05, 4.69) is 27.8 Å². The van der Waals surface area contributed by atoms with Crippen molar-refractivity contribution < 1.29 is 24.2 Å². The average Bonchev–Trinajstić information content (AvgIpc) is 3.00. The van der Waals surface area contributed by atoms with Crippen LogP contribution in [0.4, 0.5) is 4.79 Å². The lowest BCUT2D eigenvalue weighted by Gasteiger charge is -2.55. The number of hydrazine groups is 1. The summed E-state index contributed by atoms with van der Waals surface area (Å²) in [6, 6.07) is 20.5. The second-order valence-electron chi connectivity index (χ2n) is 10.5. The standard InChI is InChI=1S/C32H34BrN5O5/c1-3-15-36-21-30(40)37-27(17-22-9-12-25(39)13-10-22)31(41)35(19-24-11-14-28(43-2)26(33)16-24)20-29(37)38(36)32(42)34-18-23-7-5-4-6-8-23/h3-14,16,27,29,39H,1,15,17-21H2,2H3,(H,34,42)/t27-,29-/m0/s1. The molecule has 3 aromatic rings. The molecule has 0 aliphatic carbocycles. The van der Waals surface area contributed by atoms with Gasteiger partial charge in [0, 0.05) is 26.1 Å². The Balaban J connectivity index is 1.49. The number of carbonyl (C=O) groups excluding carboxylic acids is 3. The Hall–Kier alpha value is -4.35. The van der Waals surface area contributed by atoms with Gasteiger partial charge >= 0.3 is 6.03 Å². The van der Waals surface area contributed by atoms with Crippen LogP contribution < -0.4 is 10.1 Å². The fourth-order valence-electron chi connectivity index (χ4n) is 5.58. The third kappa shape index (κ3) is 6.68. The van der Waals surface area contributed by atoms with Crippen LogP contribution in [-0.4, -0.2) is 81.7 Å². The second-order valence-corrected chi connectivity index (χ2v) is 11.3. The van der Waals surface area contributed by atoms with E-state index in [9.17, 15) is 19.5 Å². The number of methoxy groups -OCH3 is 1. The zero-order valence-corrected chi connectivity index (χ0v) is 25.4. The molecule has 10 nitrogen and oxygen atoms in total. The Morgan fingerprint density at radius 3 is 2.47 bits per heavy atom. The number of hydrogen-bond donors (Lipinski definition) is 2. The van der Waals surface area contributed by atoms with Crippen molar-refractivity contribution in [2.75, 3.05) is 26.7 Å². The maximum absolute atomic E-state index is 14.1. The molecule has 2 aliphatic rings. The van der Waals surface area contributed by atoms with E-state index in [1.165, 1.54) is 0 Å². The third-order valence-corrected chi connectivity index (χ3v) is 8.24. The molecule has 2 aliphatic heterocycles. The molecule has 0 spiro atoms. The first-order valence-corrected chi connectivity index (χ1v) is 14.8. The van der Waals surface area contributed by atoms with Crippen LogP contribution in [-0.2, 0) is 29.1 Å². The number of benzene rings is 3. The van der Waals surface area contributed by atoms with E-state index in [4.69, 9.17) is 4.74 Å². The molecule has 2 atom stereocenters. The van der Waals surface area contributed by atoms with Crippen LogP contribution in [0.25, 0.3) is 0 Å². The van der Waals surface area contributed by atoms with Crippen LogP contribution >= 0.6 is 15.9 Å². The highest BCUT2D eigenvalue weighted by Crippen LogP contribution is 2.31. The summed E-state index contributed by atoms with van der Waals surface area (Å²) in [6.07, 6.45) is 1.12. The van der Waals surface area contributed by atoms with Crippen molar-refractivity contribution in [3.05, 3.63) is 107 Å². The normalized spacial score (nSPS) is 18.8. The maximum Gasteiger partial charge on any atom is 0.334 e. The fraction of sp³-hybridized carbons (Fsp3) is 0.281. The van der Waals surface area contributed by atoms with Crippen molar-refractivity contribution in [2.45, 2.75) is 31.7 Å². The smallest absolute Gasteiger partial charge is 0.334 e. The number of carbonyl (C=O) groups is 3. The molecule has 11 heteroatoms. The summed E-state index contributed by atoms with van der Waals surface area (Å²) in [5.74, 6) is 0.317. The molecule has 2 saturated heterocycles. The van der Waals surface area contributed by atoms with Gasteiger partial charge in [-0.25, -0.2) is 14.8 Å². The van der Waals surface area contributed by atoms with Gasteiger partial charge in [-0.2, -0.15) is 0 Å². The Labute approximate surface area is 259 Å². The van der Waals surface area contributed by atoms with Gasteiger partial charge in [0.2, 0.25) is 11.8 Å². The molecule has 5 rings (SSSR count). The van der Waals surface area contributed by atoms with Crippen LogP contribution in [0, 0.1) is 0 Å². The number of piperazine rings is 1. The predicted molar refractivity (Wildman–Crippen MR) is 165 cm³/mol. The van der Waals surface area contributed by atoms with E-state index in [-0.39, 0.29) is 56.2 Å². The first kappa shape index (κ1) is 30.1. The molecule has 0 radical (unpaired) electrons. The molecule has 0 bridgehead atoms. The summed E-state index contributed by atoms with van der Waals surface area (Å²) >= 11 is 3.52. The molecule has 4 amide bonds. The number of amides is 4. The Morgan fingerprint density at radius 2 is 1.79 bits per heavy atom. The number of hydrogen-bond acceptors (Lipinski definition) is 6. The minimum atomic E-state index is -0.854. The Bertz CT molecular complexity index is 1490. The summed E-state index contributed by atoms with van der Waals surface area (Å²) in [5.41, 5.74) is 2.58. The lowest BCUT2D eigenvalue weighted by atomic mass is 9.98. The monoisotopic (exact) mass is 647 g/mol. The second kappa shape index (κ2) is 13.3. The summed E-state index contributed by atoms with van der Waals surface area (Å²) in [7, 11) is 1.59. The van der Waals surface area contributed by atoms with Crippen LogP contribution in [0.5, 0.6) is 11.5 Å². The van der Waals surface area contributed by atoms with E-state index in [1.54, 1.807) is 57.3 Å². The lowest BCUT2D eigenvalue weighted by Crippen LogP contribution is -2.76. The number of halogens is 1. The van der Waals surface area contributed by atoms with E-state index in [0.29, 0.717) is 12.3 Å². The maximum atomic E-state index is 14.1. The molecular formula is C32H34BrN5O5. The van der Waals surface area contributed by atoms with Gasteiger partial charge in [-0.3, -0.25) is 9.59 Å². The molecule has 224 valence electrons. The molecule has 2 fully saturated rings. The number of ether oxygens (including phenoxy) is 1. The molecule has 0 saturated carbocycles. The molecule has 2 heterocycles. The highest BCUT2D eigenvalue weighted by Gasteiger charge is 2.51. The molecule has 0 unspecified atom stereocenters. The van der Waals surface area contributed by atoms with Gasteiger partial charge in [-0.15, -0.1) is 6.58 Å². The zero-order chi connectivity index (χ0) is 30.5. The third-order valence-electron chi connectivity index (χ3n) is 7.62. The number of nitrogens with one attached hydrogen (secondary N) is 1. The Kier molecular flexibility index (Phi) is 9.32. The van der Waals surface area contributed by atoms with Gasteiger partial charge in [-0.05, 0) is 56.9 Å². The van der Waals surface area contributed by atoms with Crippen LogP contribution in [0.3, 0.4) is 0 Å². The number of rotatable bonds is 9. The largest absolute Gasteiger partial charge is 0.508 e. The van der Waals surface area contributed by atoms with Gasteiger partial charge in [-0.1, -0.05) is 54.6 Å². The fourth-order valence-corrected chi connectivity index (χ4v) is 6.17. The number of urea groups is 1. The van der Waals surface area contributed by atoms with E-state index < -0.39 is 12.2 Å². The van der Waals surface area contributed by atoms with Crippen LogP contribution in [0.15, 0.2) is 89.9 Å². The molecule has 0 aromatic heterocycles. The van der Waals surface area contributed by atoms with Gasteiger partial charge in [0.25, 0.3) is 0 Å². The highest BCUT2D eigenvalue weighted by atomic mass is 79.9. The highest BCUT2D eigenvalue weighted by molar-refractivity contribution is 9.10. The van der Waals surface area contributed by atoms with Crippen molar-refractivity contribution >= 4 is 33.8 Å². The summed E-state index contributed by atoms with van der Waals surface area (Å²) < 4.78 is 6.12. The SMILES string of the molecule is C=CCN1CC(=O)N2[C@@H](Cc3ccc(O)cc3)C(=O)N(Cc3ccc(OC)c(Br)c3)C[C@@H]2N1C(=O)NCc1ccccc1. The van der Waals surface area contributed by atoms with Gasteiger partial charge in [0.05, 0.1) is 24.7 Å². The summed E-state index contributed by atoms with van der Waals surface area (Å²) in [5, 5.41) is 16.0. The minimum absolute atomic E-state index is 0.0773. The zero-order valence-electron chi connectivity index (χ0n) is 23.9. The summed E-state index contributed by atoms with van der Waals surface area (Å²) in [4.78, 5) is 44.9. The first-order valence-electron chi connectivity index (χ1n) is 14.0. The molecule has 43 heavy (non-hydrogen) atoms. The van der Waals surface area contributed by atoms with Crippen molar-refractivity contribution in [2.24, 2.45) is 0 Å². The molecular weight excluding hydrogens is 614 g/mol. The number of nitrogens with zero attached hydrogens (tertiary/aromatic N) is 4. The van der Waals surface area contributed by atoms with Crippen molar-refractivity contribution in [1.82, 2.24) is 25.1 Å². The van der Waals surface area contributed by atoms with Crippen LogP contribution in [0.2, 0.25) is 0 Å². The lowest BCUT2D eigenvalue weighted by molar-refractivity contribution is -0.189. The number of aromatic hydroxyl groups is 1. The van der Waals surface area contributed by atoms with Crippen LogP contribution in [0.1, 0.15) is 16.7 Å². The van der Waals surface area contributed by atoms with E-state index in [1.807, 2.05) is 48.5 Å². The first-order chi connectivity index (χ1) is 20.8.